The molecule has 1 aliphatic carbocycles. The first-order valence-electron chi connectivity index (χ1n) is 11.3. The summed E-state index contributed by atoms with van der Waals surface area (Å²) in [6, 6.07) is 14.6. The van der Waals surface area contributed by atoms with E-state index >= 15 is 0 Å². The zero-order chi connectivity index (χ0) is 24.1. The van der Waals surface area contributed by atoms with Crippen LogP contribution in [0.25, 0.3) is 11.1 Å². The first-order chi connectivity index (χ1) is 16.4. The highest BCUT2D eigenvalue weighted by Crippen LogP contribution is 2.44. The fraction of sp³-hybridized carbons (Fsp3) is 0.400. The van der Waals surface area contributed by atoms with Crippen LogP contribution in [0.15, 0.2) is 48.5 Å². The number of aliphatic carboxylic acids is 1. The van der Waals surface area contributed by atoms with Gasteiger partial charge in [0, 0.05) is 25.7 Å². The summed E-state index contributed by atoms with van der Waals surface area (Å²) in [5, 5.41) is 23.4. The molecule has 1 saturated heterocycles. The molecule has 4 rings (SSSR count). The van der Waals surface area contributed by atoms with Gasteiger partial charge in [-0.3, -0.25) is 4.79 Å². The highest BCUT2D eigenvalue weighted by molar-refractivity contribution is 5.88. The van der Waals surface area contributed by atoms with Gasteiger partial charge >= 0.3 is 12.1 Å². The van der Waals surface area contributed by atoms with Crippen LogP contribution < -0.4 is 10.6 Å². The van der Waals surface area contributed by atoms with Crippen molar-refractivity contribution in [3.63, 3.8) is 0 Å². The molecular weight excluding hydrogens is 440 g/mol. The van der Waals surface area contributed by atoms with E-state index < -0.39 is 36.0 Å². The van der Waals surface area contributed by atoms with Gasteiger partial charge in [0.25, 0.3) is 0 Å². The van der Waals surface area contributed by atoms with Gasteiger partial charge in [-0.2, -0.15) is 0 Å². The van der Waals surface area contributed by atoms with Crippen LogP contribution in [-0.2, 0) is 19.1 Å². The van der Waals surface area contributed by atoms with Crippen molar-refractivity contribution >= 4 is 18.0 Å². The third-order valence-corrected chi connectivity index (χ3v) is 6.63. The molecule has 180 valence electrons. The predicted octanol–water partition coefficient (Wildman–Crippen LogP) is 1.88. The molecule has 2 aromatic rings. The Balaban J connectivity index is 1.39. The molecule has 2 aliphatic rings. The quantitative estimate of drug-likeness (QED) is 0.465. The molecule has 0 bridgehead atoms. The van der Waals surface area contributed by atoms with E-state index in [4.69, 9.17) is 14.6 Å². The van der Waals surface area contributed by atoms with Gasteiger partial charge in [-0.25, -0.2) is 9.59 Å². The summed E-state index contributed by atoms with van der Waals surface area (Å²) in [4.78, 5) is 36.7. The largest absolute Gasteiger partial charge is 0.480 e. The molecule has 34 heavy (non-hydrogen) atoms. The summed E-state index contributed by atoms with van der Waals surface area (Å²) in [5.41, 5.74) is 3.40. The van der Waals surface area contributed by atoms with E-state index in [1.807, 2.05) is 36.4 Å². The summed E-state index contributed by atoms with van der Waals surface area (Å²) < 4.78 is 10.9. The van der Waals surface area contributed by atoms with Gasteiger partial charge in [-0.1, -0.05) is 48.5 Å². The number of hydrogen-bond acceptors (Lipinski definition) is 6. The van der Waals surface area contributed by atoms with Crippen LogP contribution in [0, 0.1) is 5.41 Å². The number of rotatable bonds is 8. The lowest BCUT2D eigenvalue weighted by Crippen LogP contribution is -2.55. The van der Waals surface area contributed by atoms with E-state index in [0.717, 1.165) is 22.3 Å². The molecule has 0 unspecified atom stereocenters. The molecule has 9 heteroatoms. The molecule has 1 heterocycles. The predicted molar refractivity (Wildman–Crippen MR) is 122 cm³/mol. The Morgan fingerprint density at radius 3 is 2.18 bits per heavy atom. The Labute approximate surface area is 197 Å². The number of carbonyl (C=O) groups excluding carboxylic acids is 2. The third kappa shape index (κ3) is 4.76. The number of nitrogens with one attached hydrogen (secondary N) is 2. The maximum Gasteiger partial charge on any atom is 0.407 e. The normalized spacial score (nSPS) is 17.2. The molecule has 0 aromatic heterocycles. The molecule has 2 aromatic carbocycles. The van der Waals surface area contributed by atoms with Crippen molar-refractivity contribution in [2.24, 2.45) is 5.41 Å². The Morgan fingerprint density at radius 2 is 1.62 bits per heavy atom. The lowest BCUT2D eigenvalue weighted by molar-refractivity contribution is -0.146. The second-order valence-corrected chi connectivity index (χ2v) is 8.62. The lowest BCUT2D eigenvalue weighted by atomic mass is 9.79. The number of carboxylic acids is 1. The first kappa shape index (κ1) is 23.7. The summed E-state index contributed by atoms with van der Waals surface area (Å²) in [7, 11) is 0. The molecule has 0 radical (unpaired) electrons. The summed E-state index contributed by atoms with van der Waals surface area (Å²) in [5.74, 6) is -1.96. The van der Waals surface area contributed by atoms with Crippen LogP contribution in [0.1, 0.15) is 29.9 Å². The fourth-order valence-electron chi connectivity index (χ4n) is 4.63. The fourth-order valence-corrected chi connectivity index (χ4v) is 4.63. The minimum absolute atomic E-state index is 0.0311. The van der Waals surface area contributed by atoms with Crippen LogP contribution >= 0.6 is 0 Å². The molecule has 1 atom stereocenters. The highest BCUT2D eigenvalue weighted by atomic mass is 16.5. The number of hydrogen-bond donors (Lipinski definition) is 4. The Kier molecular flexibility index (Phi) is 7.14. The summed E-state index contributed by atoms with van der Waals surface area (Å²) in [6.45, 7) is -0.00876. The van der Waals surface area contributed by atoms with Crippen LogP contribution in [0.2, 0.25) is 0 Å². The van der Waals surface area contributed by atoms with Crippen molar-refractivity contribution in [2.75, 3.05) is 33.0 Å². The van der Waals surface area contributed by atoms with Crippen LogP contribution in [0.3, 0.4) is 0 Å². The summed E-state index contributed by atoms with van der Waals surface area (Å²) in [6.07, 6.45) is -0.0435. The van der Waals surface area contributed by atoms with Crippen molar-refractivity contribution < 1.29 is 34.1 Å². The van der Waals surface area contributed by atoms with Crippen LogP contribution in [0.4, 0.5) is 4.79 Å². The number of carbonyl (C=O) groups is 3. The van der Waals surface area contributed by atoms with Crippen molar-refractivity contribution in [1.82, 2.24) is 10.6 Å². The van der Waals surface area contributed by atoms with Crippen molar-refractivity contribution in [3.8, 4) is 11.1 Å². The molecule has 9 nitrogen and oxygen atoms in total. The molecule has 2 amide bonds. The van der Waals surface area contributed by atoms with Crippen molar-refractivity contribution in [2.45, 2.75) is 24.8 Å². The van der Waals surface area contributed by atoms with Crippen molar-refractivity contribution in [3.05, 3.63) is 59.7 Å². The van der Waals surface area contributed by atoms with E-state index in [9.17, 15) is 19.5 Å². The maximum absolute atomic E-state index is 12.9. The van der Waals surface area contributed by atoms with Gasteiger partial charge in [0.05, 0.1) is 12.0 Å². The topological polar surface area (TPSA) is 134 Å². The number of amides is 2. The maximum atomic E-state index is 12.9. The number of ether oxygens (including phenoxy) is 2. The molecule has 0 spiro atoms. The number of carboxylic acid groups (broad SMARTS) is 1. The molecule has 4 N–H and O–H groups in total. The smallest absolute Gasteiger partial charge is 0.407 e. The molecular formula is C25H28N2O7. The zero-order valence-electron chi connectivity index (χ0n) is 18.7. The number of fused-ring (bicyclic) bond motifs is 3. The number of aliphatic hydroxyl groups is 1. The first-order valence-corrected chi connectivity index (χ1v) is 11.3. The van der Waals surface area contributed by atoms with Gasteiger partial charge < -0.3 is 30.3 Å². The Morgan fingerprint density at radius 1 is 1.03 bits per heavy atom. The average Bonchev–Trinajstić information content (AvgIpc) is 3.18. The van der Waals surface area contributed by atoms with Crippen LogP contribution in [0.5, 0.6) is 0 Å². The van der Waals surface area contributed by atoms with E-state index in [1.54, 1.807) is 0 Å². The zero-order valence-corrected chi connectivity index (χ0v) is 18.7. The minimum atomic E-state index is -1.42. The number of benzene rings is 2. The van der Waals surface area contributed by atoms with Crippen LogP contribution in [-0.4, -0.2) is 67.2 Å². The van der Waals surface area contributed by atoms with Gasteiger partial charge in [-0.05, 0) is 35.1 Å². The second-order valence-electron chi connectivity index (χ2n) is 8.62. The molecule has 0 saturated carbocycles. The highest BCUT2D eigenvalue weighted by Gasteiger charge is 2.42. The average molecular weight is 469 g/mol. The monoisotopic (exact) mass is 468 g/mol. The van der Waals surface area contributed by atoms with Gasteiger partial charge in [-0.15, -0.1) is 0 Å². The third-order valence-electron chi connectivity index (χ3n) is 6.63. The molecule has 1 aliphatic heterocycles. The number of alkyl carbamates (subject to hydrolysis) is 1. The minimum Gasteiger partial charge on any atom is -0.480 e. The SMILES string of the molecule is O=C(NCC1(C(=O)N[C@H](CO)C(=O)O)CCOCC1)OCC1c2ccccc2-c2ccccc21. The van der Waals surface area contributed by atoms with Gasteiger partial charge in [0.1, 0.15) is 12.6 Å². The number of aliphatic hydroxyl groups excluding tert-OH is 1. The summed E-state index contributed by atoms with van der Waals surface area (Å²) >= 11 is 0. The van der Waals surface area contributed by atoms with E-state index in [0.29, 0.717) is 26.1 Å². The standard InChI is InChI=1S/C25H28N2O7/c28-13-21(22(29)30)27-23(31)25(9-11-33-12-10-25)15-26-24(32)34-14-20-18-7-3-1-5-16(18)17-6-2-4-8-19(17)20/h1-8,20-21,28H,9-15H2,(H,26,32)(H,27,31)(H,29,30)/t21-/m1/s1. The van der Waals surface area contributed by atoms with Gasteiger partial charge in [0.15, 0.2) is 0 Å². The Hall–Kier alpha value is -3.43. The Bertz CT molecular complexity index is 1020. The van der Waals surface area contributed by atoms with Gasteiger partial charge in [0.2, 0.25) is 5.91 Å². The lowest BCUT2D eigenvalue weighted by Gasteiger charge is -2.36. The second kappa shape index (κ2) is 10.2. The van der Waals surface area contributed by atoms with Crippen molar-refractivity contribution in [1.29, 1.82) is 0 Å². The van der Waals surface area contributed by atoms with E-state index in [2.05, 4.69) is 22.8 Å². The molecule has 1 fully saturated rings. The van der Waals surface area contributed by atoms with E-state index in [1.165, 1.54) is 0 Å². The van der Waals surface area contributed by atoms with E-state index in [-0.39, 0.29) is 19.1 Å².